The third kappa shape index (κ3) is 7.37. The minimum Gasteiger partial charge on any atom is -0.352 e. The van der Waals surface area contributed by atoms with Crippen LogP contribution < -0.4 is 5.32 Å². The number of amides is 2. The minimum atomic E-state index is -0.438. The Morgan fingerprint density at radius 3 is 2.14 bits per heavy atom. The van der Waals surface area contributed by atoms with Crippen LogP contribution in [0.4, 0.5) is 0 Å². The molecule has 0 heterocycles. The summed E-state index contributed by atoms with van der Waals surface area (Å²) in [6.45, 7) is 8.45. The highest BCUT2D eigenvalue weighted by Crippen LogP contribution is 2.13. The van der Waals surface area contributed by atoms with Gasteiger partial charge in [0, 0.05) is 19.0 Å². The first-order valence-corrected chi connectivity index (χ1v) is 10.6. The van der Waals surface area contributed by atoms with Crippen molar-refractivity contribution in [2.45, 2.75) is 65.5 Å². The number of nitrogens with one attached hydrogen (secondary N) is 1. The fourth-order valence-corrected chi connectivity index (χ4v) is 3.43. The predicted molar refractivity (Wildman–Crippen MR) is 119 cm³/mol. The van der Waals surface area contributed by atoms with Crippen LogP contribution in [-0.2, 0) is 22.4 Å². The highest BCUT2D eigenvalue weighted by Gasteiger charge is 2.28. The molecule has 0 radical (unpaired) electrons. The quantitative estimate of drug-likeness (QED) is 0.653. The summed E-state index contributed by atoms with van der Waals surface area (Å²) in [6.07, 6.45) is 2.43. The molecular weight excluding hydrogens is 360 g/mol. The first-order chi connectivity index (χ1) is 13.9. The van der Waals surface area contributed by atoms with E-state index in [4.69, 9.17) is 0 Å². The summed E-state index contributed by atoms with van der Waals surface area (Å²) in [7, 11) is 0. The van der Waals surface area contributed by atoms with Crippen LogP contribution in [-0.4, -0.2) is 35.3 Å². The highest BCUT2D eigenvalue weighted by atomic mass is 16.2. The smallest absolute Gasteiger partial charge is 0.242 e. The maximum Gasteiger partial charge on any atom is 0.242 e. The largest absolute Gasteiger partial charge is 0.352 e. The molecule has 4 nitrogen and oxygen atoms in total. The van der Waals surface area contributed by atoms with E-state index in [0.717, 1.165) is 12.0 Å². The number of aryl methyl sites for hydroxylation is 2. The molecule has 2 aromatic rings. The topological polar surface area (TPSA) is 49.4 Å². The van der Waals surface area contributed by atoms with Crippen molar-refractivity contribution in [1.82, 2.24) is 10.2 Å². The summed E-state index contributed by atoms with van der Waals surface area (Å²) in [4.78, 5) is 27.7. The summed E-state index contributed by atoms with van der Waals surface area (Å²) in [6, 6.07) is 18.0. The Morgan fingerprint density at radius 1 is 0.931 bits per heavy atom. The summed E-state index contributed by atoms with van der Waals surface area (Å²) in [5.74, 6) is -0.0356. The van der Waals surface area contributed by atoms with Crippen molar-refractivity contribution in [1.29, 1.82) is 0 Å². The van der Waals surface area contributed by atoms with Gasteiger partial charge in [-0.2, -0.15) is 0 Å². The van der Waals surface area contributed by atoms with Crippen molar-refractivity contribution in [3.05, 3.63) is 71.3 Å². The van der Waals surface area contributed by atoms with Crippen LogP contribution in [0, 0.1) is 6.92 Å². The lowest BCUT2D eigenvalue weighted by Gasteiger charge is -2.31. The van der Waals surface area contributed by atoms with Crippen molar-refractivity contribution < 1.29 is 9.59 Å². The molecular formula is C25H34N2O2. The van der Waals surface area contributed by atoms with E-state index >= 15 is 0 Å². The average Bonchev–Trinajstić information content (AvgIpc) is 2.70. The van der Waals surface area contributed by atoms with Crippen LogP contribution in [0.2, 0.25) is 0 Å². The third-order valence-corrected chi connectivity index (χ3v) is 5.05. The number of hydrogen-bond donors (Lipinski definition) is 1. The molecule has 2 amide bonds. The molecule has 0 saturated heterocycles. The Labute approximate surface area is 175 Å². The van der Waals surface area contributed by atoms with Crippen LogP contribution in [0.3, 0.4) is 0 Å². The first-order valence-electron chi connectivity index (χ1n) is 10.6. The molecule has 0 aromatic heterocycles. The summed E-state index contributed by atoms with van der Waals surface area (Å²) < 4.78 is 0. The molecule has 2 aromatic carbocycles. The van der Waals surface area contributed by atoms with Crippen LogP contribution in [0.5, 0.6) is 0 Å². The predicted octanol–water partition coefficient (Wildman–Crippen LogP) is 4.30. The summed E-state index contributed by atoms with van der Waals surface area (Å²) >= 11 is 0. The molecule has 2 rings (SSSR count). The van der Waals surface area contributed by atoms with E-state index in [2.05, 4.69) is 48.6 Å². The van der Waals surface area contributed by atoms with E-state index in [1.54, 1.807) is 4.90 Å². The van der Waals surface area contributed by atoms with Crippen molar-refractivity contribution in [3.63, 3.8) is 0 Å². The van der Waals surface area contributed by atoms with Gasteiger partial charge in [-0.1, -0.05) is 67.1 Å². The van der Waals surface area contributed by atoms with E-state index in [1.165, 1.54) is 11.1 Å². The van der Waals surface area contributed by atoms with Crippen LogP contribution >= 0.6 is 0 Å². The van der Waals surface area contributed by atoms with Gasteiger partial charge < -0.3 is 10.2 Å². The molecule has 0 aliphatic heterocycles. The minimum absolute atomic E-state index is 0.0345. The van der Waals surface area contributed by atoms with E-state index in [-0.39, 0.29) is 17.9 Å². The molecule has 0 unspecified atom stereocenters. The Hall–Kier alpha value is -2.62. The number of carbonyl (C=O) groups is 2. The van der Waals surface area contributed by atoms with Crippen molar-refractivity contribution in [2.24, 2.45) is 0 Å². The number of benzene rings is 2. The van der Waals surface area contributed by atoms with E-state index in [1.807, 2.05) is 39.0 Å². The second-order valence-electron chi connectivity index (χ2n) is 7.90. The molecule has 0 aliphatic carbocycles. The zero-order valence-corrected chi connectivity index (χ0v) is 18.2. The molecule has 1 atom stereocenters. The van der Waals surface area contributed by atoms with E-state index < -0.39 is 6.04 Å². The van der Waals surface area contributed by atoms with E-state index in [9.17, 15) is 9.59 Å². The van der Waals surface area contributed by atoms with Gasteiger partial charge in [-0.25, -0.2) is 0 Å². The van der Waals surface area contributed by atoms with Gasteiger partial charge >= 0.3 is 0 Å². The Balaban J connectivity index is 2.11. The van der Waals surface area contributed by atoms with Gasteiger partial charge in [0.25, 0.3) is 0 Å². The van der Waals surface area contributed by atoms with Crippen molar-refractivity contribution in [3.8, 4) is 0 Å². The fraction of sp³-hybridized carbons (Fsp3) is 0.440. The fourth-order valence-electron chi connectivity index (χ4n) is 3.43. The van der Waals surface area contributed by atoms with E-state index in [0.29, 0.717) is 25.8 Å². The standard InChI is InChI=1S/C25H34N2O2/c1-5-23(25(29)26-19(2)3)27(18-17-21-9-7-6-8-10-21)24(28)16-15-22-13-11-20(4)12-14-22/h6-14,19,23H,5,15-18H2,1-4H3,(H,26,29)/t23-/m1/s1. The van der Waals surface area contributed by atoms with Gasteiger partial charge in [0.15, 0.2) is 0 Å². The second kappa shape index (κ2) is 11.4. The maximum absolute atomic E-state index is 13.1. The maximum atomic E-state index is 13.1. The molecule has 0 fully saturated rings. The van der Waals surface area contributed by atoms with Gasteiger partial charge in [0.1, 0.15) is 6.04 Å². The summed E-state index contributed by atoms with van der Waals surface area (Å²) in [5.41, 5.74) is 3.52. The molecule has 1 N–H and O–H groups in total. The monoisotopic (exact) mass is 394 g/mol. The Morgan fingerprint density at radius 2 is 1.55 bits per heavy atom. The van der Waals surface area contributed by atoms with Crippen LogP contribution in [0.1, 0.15) is 50.3 Å². The lowest BCUT2D eigenvalue weighted by molar-refractivity contribution is -0.140. The van der Waals surface area contributed by atoms with Gasteiger partial charge in [-0.3, -0.25) is 9.59 Å². The molecule has 0 saturated carbocycles. The second-order valence-corrected chi connectivity index (χ2v) is 7.90. The molecule has 4 heteroatoms. The average molecular weight is 395 g/mol. The highest BCUT2D eigenvalue weighted by molar-refractivity contribution is 5.87. The van der Waals surface area contributed by atoms with Gasteiger partial charge in [-0.05, 0) is 51.2 Å². The zero-order chi connectivity index (χ0) is 21.2. The number of carbonyl (C=O) groups excluding carboxylic acids is 2. The lowest BCUT2D eigenvalue weighted by atomic mass is 10.0. The number of hydrogen-bond acceptors (Lipinski definition) is 2. The van der Waals surface area contributed by atoms with Crippen LogP contribution in [0.15, 0.2) is 54.6 Å². The number of nitrogens with zero attached hydrogens (tertiary/aromatic N) is 1. The van der Waals surface area contributed by atoms with Crippen molar-refractivity contribution >= 4 is 11.8 Å². The first kappa shape index (κ1) is 22.7. The zero-order valence-electron chi connectivity index (χ0n) is 18.2. The third-order valence-electron chi connectivity index (χ3n) is 5.05. The van der Waals surface area contributed by atoms with Crippen LogP contribution in [0.25, 0.3) is 0 Å². The molecule has 0 bridgehead atoms. The SMILES string of the molecule is CC[C@H](C(=O)NC(C)C)N(CCc1ccccc1)C(=O)CCc1ccc(C)cc1. The Bertz CT molecular complexity index is 769. The lowest BCUT2D eigenvalue weighted by Crippen LogP contribution is -2.51. The summed E-state index contributed by atoms with van der Waals surface area (Å²) in [5, 5.41) is 2.97. The van der Waals surface area contributed by atoms with Gasteiger partial charge in [0.05, 0.1) is 0 Å². The van der Waals surface area contributed by atoms with Gasteiger partial charge in [-0.15, -0.1) is 0 Å². The normalized spacial score (nSPS) is 11.9. The van der Waals surface area contributed by atoms with Crippen molar-refractivity contribution in [2.75, 3.05) is 6.54 Å². The van der Waals surface area contributed by atoms with Gasteiger partial charge in [0.2, 0.25) is 11.8 Å². The molecule has 0 spiro atoms. The Kier molecular flexibility index (Phi) is 8.91. The molecule has 156 valence electrons. The molecule has 0 aliphatic rings. The molecule has 29 heavy (non-hydrogen) atoms. The number of rotatable bonds is 10.